The van der Waals surface area contributed by atoms with Crippen molar-refractivity contribution in [3.63, 3.8) is 0 Å². The zero-order valence-electron chi connectivity index (χ0n) is 9.78. The summed E-state index contributed by atoms with van der Waals surface area (Å²) >= 11 is 0. The number of likely N-dealkylation sites (tertiary alicyclic amines) is 1. The molecule has 1 aliphatic rings. The summed E-state index contributed by atoms with van der Waals surface area (Å²) in [6.07, 6.45) is 1.50. The van der Waals surface area contributed by atoms with E-state index < -0.39 is 16.9 Å². The zero-order chi connectivity index (χ0) is 13.1. The fraction of sp³-hybridized carbons (Fsp3) is 0.417. The molecular weight excluding hydrogens is 236 g/mol. The molecule has 0 unspecified atom stereocenters. The van der Waals surface area contributed by atoms with E-state index in [2.05, 4.69) is 0 Å². The number of hydrogen-bond acceptors (Lipinski definition) is 4. The third-order valence-corrected chi connectivity index (χ3v) is 3.16. The van der Waals surface area contributed by atoms with Crippen LogP contribution in [0.3, 0.4) is 0 Å². The van der Waals surface area contributed by atoms with Gasteiger partial charge in [-0.25, -0.2) is 0 Å². The van der Waals surface area contributed by atoms with Crippen LogP contribution in [0.2, 0.25) is 0 Å². The van der Waals surface area contributed by atoms with Gasteiger partial charge in [-0.2, -0.15) is 0 Å². The second-order valence-corrected chi connectivity index (χ2v) is 4.39. The lowest BCUT2D eigenvalue weighted by molar-refractivity contribution is -0.384. The standard InChI is InChI=1S/C12H14N2O4/c15-12(16)11-5-2-6-13(11)8-9-3-1-4-10(7-9)14(17)18/h1,3-4,7,11H,2,5-6,8H2,(H,15,16)/t11-/m1/s1. The molecule has 0 saturated carbocycles. The van der Waals surface area contributed by atoms with Gasteiger partial charge < -0.3 is 5.11 Å². The number of carboxylic acid groups (broad SMARTS) is 1. The Hall–Kier alpha value is -1.95. The molecule has 1 aliphatic heterocycles. The Bertz CT molecular complexity index is 475. The highest BCUT2D eigenvalue weighted by Gasteiger charge is 2.30. The molecule has 6 heteroatoms. The summed E-state index contributed by atoms with van der Waals surface area (Å²) < 4.78 is 0. The summed E-state index contributed by atoms with van der Waals surface area (Å²) in [4.78, 5) is 23.1. The monoisotopic (exact) mass is 250 g/mol. The third-order valence-electron chi connectivity index (χ3n) is 3.16. The highest BCUT2D eigenvalue weighted by atomic mass is 16.6. The van der Waals surface area contributed by atoms with Gasteiger partial charge in [0.25, 0.3) is 5.69 Å². The predicted molar refractivity (Wildman–Crippen MR) is 64.2 cm³/mol. The topological polar surface area (TPSA) is 83.7 Å². The lowest BCUT2D eigenvalue weighted by atomic mass is 10.1. The smallest absolute Gasteiger partial charge is 0.320 e. The molecule has 0 aromatic heterocycles. The second kappa shape index (κ2) is 5.14. The van der Waals surface area contributed by atoms with Gasteiger partial charge in [0.1, 0.15) is 6.04 Å². The number of non-ortho nitro benzene ring substituents is 1. The van der Waals surface area contributed by atoms with Crippen molar-refractivity contribution in [2.75, 3.05) is 6.54 Å². The van der Waals surface area contributed by atoms with Crippen molar-refractivity contribution in [3.8, 4) is 0 Å². The number of benzene rings is 1. The largest absolute Gasteiger partial charge is 0.480 e. The third kappa shape index (κ3) is 2.65. The number of nitro groups is 1. The maximum Gasteiger partial charge on any atom is 0.320 e. The molecule has 1 N–H and O–H groups in total. The highest BCUT2D eigenvalue weighted by Crippen LogP contribution is 2.22. The summed E-state index contributed by atoms with van der Waals surface area (Å²) in [5.41, 5.74) is 0.816. The van der Waals surface area contributed by atoms with E-state index in [1.165, 1.54) is 12.1 Å². The van der Waals surface area contributed by atoms with E-state index in [1.54, 1.807) is 12.1 Å². The van der Waals surface area contributed by atoms with Crippen molar-refractivity contribution >= 4 is 11.7 Å². The van der Waals surface area contributed by atoms with Crippen molar-refractivity contribution in [2.45, 2.75) is 25.4 Å². The van der Waals surface area contributed by atoms with Crippen LogP contribution < -0.4 is 0 Å². The van der Waals surface area contributed by atoms with Gasteiger partial charge in [0.2, 0.25) is 0 Å². The molecule has 2 rings (SSSR count). The maximum absolute atomic E-state index is 11.0. The quantitative estimate of drug-likeness (QED) is 0.648. The molecule has 1 saturated heterocycles. The molecule has 1 heterocycles. The van der Waals surface area contributed by atoms with E-state index in [0.717, 1.165) is 18.5 Å². The molecule has 1 atom stereocenters. The van der Waals surface area contributed by atoms with E-state index in [0.29, 0.717) is 13.0 Å². The zero-order valence-corrected chi connectivity index (χ0v) is 9.78. The molecule has 6 nitrogen and oxygen atoms in total. The first kappa shape index (κ1) is 12.5. The Balaban J connectivity index is 2.11. The van der Waals surface area contributed by atoms with Gasteiger partial charge in [-0.3, -0.25) is 19.8 Å². The van der Waals surface area contributed by atoms with E-state index in [1.807, 2.05) is 4.90 Å². The normalized spacial score (nSPS) is 19.9. The Morgan fingerprint density at radius 2 is 2.33 bits per heavy atom. The number of carboxylic acids is 1. The van der Waals surface area contributed by atoms with Crippen LogP contribution in [0.5, 0.6) is 0 Å². The number of aliphatic carboxylic acids is 1. The molecule has 1 fully saturated rings. The summed E-state index contributed by atoms with van der Waals surface area (Å²) in [6.45, 7) is 1.16. The molecule has 0 aliphatic carbocycles. The van der Waals surface area contributed by atoms with Crippen LogP contribution in [0.4, 0.5) is 5.69 Å². The van der Waals surface area contributed by atoms with Gasteiger partial charge in [0, 0.05) is 18.7 Å². The van der Waals surface area contributed by atoms with Gasteiger partial charge in [-0.05, 0) is 24.9 Å². The first-order valence-electron chi connectivity index (χ1n) is 5.78. The molecule has 1 aromatic carbocycles. The Morgan fingerprint density at radius 3 is 3.00 bits per heavy atom. The van der Waals surface area contributed by atoms with Gasteiger partial charge >= 0.3 is 5.97 Å². The molecule has 96 valence electrons. The van der Waals surface area contributed by atoms with E-state index >= 15 is 0 Å². The molecular formula is C12H14N2O4. The number of rotatable bonds is 4. The Kier molecular flexibility index (Phi) is 3.57. The van der Waals surface area contributed by atoms with Crippen molar-refractivity contribution in [1.82, 2.24) is 4.90 Å². The minimum atomic E-state index is -0.821. The van der Waals surface area contributed by atoms with Gasteiger partial charge in [-0.15, -0.1) is 0 Å². The maximum atomic E-state index is 11.0. The van der Waals surface area contributed by atoms with Crippen LogP contribution in [0, 0.1) is 10.1 Å². The summed E-state index contributed by atoms with van der Waals surface area (Å²) in [7, 11) is 0. The lowest BCUT2D eigenvalue weighted by Gasteiger charge is -2.20. The SMILES string of the molecule is O=C(O)[C@H]1CCCN1Cc1cccc([N+](=O)[O-])c1. The van der Waals surface area contributed by atoms with Gasteiger partial charge in [0.05, 0.1) is 4.92 Å². The van der Waals surface area contributed by atoms with Crippen molar-refractivity contribution in [1.29, 1.82) is 0 Å². The highest BCUT2D eigenvalue weighted by molar-refractivity contribution is 5.73. The molecule has 18 heavy (non-hydrogen) atoms. The molecule has 0 bridgehead atoms. The molecule has 0 amide bonds. The van der Waals surface area contributed by atoms with Crippen LogP contribution in [-0.2, 0) is 11.3 Å². The number of nitro benzene ring substituents is 1. The fourth-order valence-corrected chi connectivity index (χ4v) is 2.30. The van der Waals surface area contributed by atoms with E-state index in [4.69, 9.17) is 5.11 Å². The molecule has 0 radical (unpaired) electrons. The van der Waals surface area contributed by atoms with Crippen molar-refractivity contribution in [3.05, 3.63) is 39.9 Å². The van der Waals surface area contributed by atoms with Crippen molar-refractivity contribution in [2.24, 2.45) is 0 Å². The number of carbonyl (C=O) groups is 1. The average Bonchev–Trinajstić information content (AvgIpc) is 2.77. The summed E-state index contributed by atoms with van der Waals surface area (Å²) in [5.74, 6) is -0.821. The van der Waals surface area contributed by atoms with Crippen molar-refractivity contribution < 1.29 is 14.8 Å². The van der Waals surface area contributed by atoms with Crippen LogP contribution in [0.15, 0.2) is 24.3 Å². The Labute approximate surface area is 104 Å². The first-order chi connectivity index (χ1) is 8.58. The Morgan fingerprint density at radius 1 is 1.56 bits per heavy atom. The fourth-order valence-electron chi connectivity index (χ4n) is 2.30. The number of hydrogen-bond donors (Lipinski definition) is 1. The van der Waals surface area contributed by atoms with Gasteiger partial charge in [0.15, 0.2) is 0 Å². The van der Waals surface area contributed by atoms with Crippen LogP contribution in [0.1, 0.15) is 18.4 Å². The van der Waals surface area contributed by atoms with Gasteiger partial charge in [-0.1, -0.05) is 12.1 Å². The first-order valence-corrected chi connectivity index (χ1v) is 5.78. The minimum Gasteiger partial charge on any atom is -0.480 e. The van der Waals surface area contributed by atoms with Crippen LogP contribution in [-0.4, -0.2) is 33.5 Å². The van der Waals surface area contributed by atoms with Crippen LogP contribution in [0.25, 0.3) is 0 Å². The predicted octanol–water partition coefficient (Wildman–Crippen LogP) is 1.64. The van der Waals surface area contributed by atoms with E-state index in [9.17, 15) is 14.9 Å². The minimum absolute atomic E-state index is 0.0403. The number of nitrogens with zero attached hydrogens (tertiary/aromatic N) is 2. The second-order valence-electron chi connectivity index (χ2n) is 4.39. The lowest BCUT2D eigenvalue weighted by Crippen LogP contribution is -2.35. The van der Waals surface area contributed by atoms with E-state index in [-0.39, 0.29) is 5.69 Å². The molecule has 1 aromatic rings. The van der Waals surface area contributed by atoms with Crippen LogP contribution >= 0.6 is 0 Å². The average molecular weight is 250 g/mol. The molecule has 0 spiro atoms. The summed E-state index contributed by atoms with van der Waals surface area (Å²) in [5, 5.41) is 19.7. The summed E-state index contributed by atoms with van der Waals surface area (Å²) in [6, 6.07) is 5.87.